The number of furan rings is 1. The van der Waals surface area contributed by atoms with Gasteiger partial charge in [-0.3, -0.25) is 19.8 Å². The van der Waals surface area contributed by atoms with Crippen molar-refractivity contribution >= 4 is 11.8 Å². The lowest BCUT2D eigenvalue weighted by Crippen LogP contribution is -2.39. The number of nitrogens with zero attached hydrogens (tertiary/aromatic N) is 1. The molecule has 1 aliphatic heterocycles. The Bertz CT molecular complexity index is 416. The van der Waals surface area contributed by atoms with Crippen molar-refractivity contribution in [3.05, 3.63) is 24.2 Å². The molecule has 6 heteroatoms. The fourth-order valence-corrected chi connectivity index (χ4v) is 2.04. The summed E-state index contributed by atoms with van der Waals surface area (Å²) >= 11 is 0. The normalized spacial score (nSPS) is 19.9. The van der Waals surface area contributed by atoms with Gasteiger partial charge in [-0.15, -0.1) is 0 Å². The van der Waals surface area contributed by atoms with Crippen molar-refractivity contribution in [2.45, 2.75) is 6.42 Å². The van der Waals surface area contributed by atoms with E-state index in [1.54, 1.807) is 6.07 Å². The van der Waals surface area contributed by atoms with E-state index < -0.39 is 5.91 Å². The molecule has 1 aliphatic rings. The van der Waals surface area contributed by atoms with Gasteiger partial charge in [0.2, 0.25) is 5.91 Å². The number of rotatable bonds is 4. The lowest BCUT2D eigenvalue weighted by molar-refractivity contribution is -0.121. The molecule has 1 aromatic rings. The number of carbonyl (C=O) groups is 2. The van der Waals surface area contributed by atoms with Gasteiger partial charge in [0.05, 0.1) is 12.8 Å². The highest BCUT2D eigenvalue weighted by Gasteiger charge is 2.24. The molecule has 2 N–H and O–H groups in total. The van der Waals surface area contributed by atoms with E-state index in [1.807, 2.05) is 4.90 Å². The average molecular weight is 252 g/mol. The maximum atomic E-state index is 11.6. The summed E-state index contributed by atoms with van der Waals surface area (Å²) in [5.41, 5.74) is 0. The number of hydrogen-bond acceptors (Lipinski definition) is 5. The van der Waals surface area contributed by atoms with Crippen molar-refractivity contribution in [2.75, 3.05) is 26.2 Å². The van der Waals surface area contributed by atoms with E-state index in [0.29, 0.717) is 6.54 Å². The molecule has 1 fully saturated rings. The van der Waals surface area contributed by atoms with Crippen molar-refractivity contribution in [3.8, 4) is 0 Å². The molecule has 0 radical (unpaired) electrons. The number of aliphatic hydroxyl groups excluding tert-OH is 1. The monoisotopic (exact) mass is 252 g/mol. The van der Waals surface area contributed by atoms with Gasteiger partial charge in [0.25, 0.3) is 5.91 Å². The second kappa shape index (κ2) is 5.79. The van der Waals surface area contributed by atoms with Crippen LogP contribution in [-0.4, -0.2) is 48.1 Å². The molecule has 2 heterocycles. The summed E-state index contributed by atoms with van der Waals surface area (Å²) in [5, 5.41) is 11.3. The Hall–Kier alpha value is -1.66. The zero-order valence-corrected chi connectivity index (χ0v) is 9.96. The minimum Gasteiger partial charge on any atom is -0.459 e. The van der Waals surface area contributed by atoms with Crippen LogP contribution in [0.3, 0.4) is 0 Å². The van der Waals surface area contributed by atoms with Gasteiger partial charge in [-0.05, 0) is 31.0 Å². The van der Waals surface area contributed by atoms with E-state index in [-0.39, 0.29) is 30.7 Å². The smallest absolute Gasteiger partial charge is 0.293 e. The average Bonchev–Trinajstić information content (AvgIpc) is 2.98. The first-order valence-electron chi connectivity index (χ1n) is 5.90. The SMILES string of the molecule is O=C(CN1CCC(CO)C1)NC(=O)c1ccco1. The van der Waals surface area contributed by atoms with Crippen molar-refractivity contribution < 1.29 is 19.1 Å². The van der Waals surface area contributed by atoms with Gasteiger partial charge in [-0.25, -0.2) is 0 Å². The second-order valence-corrected chi connectivity index (χ2v) is 4.43. The summed E-state index contributed by atoms with van der Waals surface area (Å²) in [7, 11) is 0. The van der Waals surface area contributed by atoms with E-state index in [4.69, 9.17) is 9.52 Å². The molecule has 0 spiro atoms. The van der Waals surface area contributed by atoms with Gasteiger partial charge in [0.15, 0.2) is 5.76 Å². The first kappa shape index (κ1) is 12.8. The highest BCUT2D eigenvalue weighted by Crippen LogP contribution is 2.14. The Kier molecular flexibility index (Phi) is 4.11. The molecule has 0 bridgehead atoms. The molecule has 0 saturated carbocycles. The van der Waals surface area contributed by atoms with E-state index in [2.05, 4.69) is 5.32 Å². The zero-order valence-electron chi connectivity index (χ0n) is 9.96. The third-order valence-corrected chi connectivity index (χ3v) is 2.99. The quantitative estimate of drug-likeness (QED) is 0.778. The highest BCUT2D eigenvalue weighted by atomic mass is 16.3. The van der Waals surface area contributed by atoms with Crippen LogP contribution >= 0.6 is 0 Å². The molecule has 1 atom stereocenters. The molecule has 98 valence electrons. The number of aliphatic hydroxyl groups is 1. The summed E-state index contributed by atoms with van der Waals surface area (Å²) in [6, 6.07) is 3.09. The number of hydrogen-bond donors (Lipinski definition) is 2. The van der Waals surface area contributed by atoms with Gasteiger partial charge in [-0.2, -0.15) is 0 Å². The van der Waals surface area contributed by atoms with Crippen LogP contribution in [0.25, 0.3) is 0 Å². The van der Waals surface area contributed by atoms with Gasteiger partial charge >= 0.3 is 0 Å². The van der Waals surface area contributed by atoms with Crippen LogP contribution in [0.15, 0.2) is 22.8 Å². The number of likely N-dealkylation sites (tertiary alicyclic amines) is 1. The molecule has 2 amide bonds. The predicted molar refractivity (Wildman–Crippen MR) is 62.8 cm³/mol. The van der Waals surface area contributed by atoms with E-state index in [0.717, 1.165) is 13.0 Å². The molecule has 1 aromatic heterocycles. The molecule has 18 heavy (non-hydrogen) atoms. The topological polar surface area (TPSA) is 82.8 Å². The Morgan fingerprint density at radius 3 is 3.00 bits per heavy atom. The van der Waals surface area contributed by atoms with Crippen LogP contribution in [0.5, 0.6) is 0 Å². The summed E-state index contributed by atoms with van der Waals surface area (Å²) in [5.74, 6) is -0.519. The number of amides is 2. The van der Waals surface area contributed by atoms with Crippen LogP contribution in [0.1, 0.15) is 17.0 Å². The van der Waals surface area contributed by atoms with E-state index >= 15 is 0 Å². The fourth-order valence-electron chi connectivity index (χ4n) is 2.04. The zero-order chi connectivity index (χ0) is 13.0. The molecule has 2 rings (SSSR count). The first-order valence-corrected chi connectivity index (χ1v) is 5.90. The van der Waals surface area contributed by atoms with Gasteiger partial charge in [-0.1, -0.05) is 0 Å². The lowest BCUT2D eigenvalue weighted by atomic mass is 10.1. The Labute approximate surface area is 105 Å². The maximum absolute atomic E-state index is 11.6. The molecule has 1 saturated heterocycles. The molecule has 0 aliphatic carbocycles. The molecular weight excluding hydrogens is 236 g/mol. The predicted octanol–water partition coefficient (Wildman–Crippen LogP) is -0.150. The molecular formula is C12H16N2O4. The van der Waals surface area contributed by atoms with Gasteiger partial charge < -0.3 is 9.52 Å². The molecule has 1 unspecified atom stereocenters. The van der Waals surface area contributed by atoms with Crippen LogP contribution in [-0.2, 0) is 4.79 Å². The summed E-state index contributed by atoms with van der Waals surface area (Å²) in [6.07, 6.45) is 2.27. The number of imide groups is 1. The van der Waals surface area contributed by atoms with E-state index in [1.165, 1.54) is 12.3 Å². The summed E-state index contributed by atoms with van der Waals surface area (Å²) in [6.45, 7) is 1.78. The van der Waals surface area contributed by atoms with Gasteiger partial charge in [0, 0.05) is 13.2 Å². The Morgan fingerprint density at radius 2 is 2.39 bits per heavy atom. The largest absolute Gasteiger partial charge is 0.459 e. The Morgan fingerprint density at radius 1 is 1.56 bits per heavy atom. The van der Waals surface area contributed by atoms with Crippen molar-refractivity contribution in [1.82, 2.24) is 10.2 Å². The summed E-state index contributed by atoms with van der Waals surface area (Å²) < 4.78 is 4.89. The summed E-state index contributed by atoms with van der Waals surface area (Å²) in [4.78, 5) is 25.1. The lowest BCUT2D eigenvalue weighted by Gasteiger charge is -2.14. The van der Waals surface area contributed by atoms with Crippen LogP contribution in [0, 0.1) is 5.92 Å². The second-order valence-electron chi connectivity index (χ2n) is 4.43. The maximum Gasteiger partial charge on any atom is 0.293 e. The Balaban J connectivity index is 1.77. The van der Waals surface area contributed by atoms with Gasteiger partial charge in [0.1, 0.15) is 0 Å². The van der Waals surface area contributed by atoms with Crippen LogP contribution < -0.4 is 5.32 Å². The highest BCUT2D eigenvalue weighted by molar-refractivity contribution is 6.03. The standard InChI is InChI=1S/C12H16N2O4/c15-8-9-3-4-14(6-9)7-11(16)13-12(17)10-2-1-5-18-10/h1-2,5,9,15H,3-4,6-8H2,(H,13,16,17). The van der Waals surface area contributed by atoms with Crippen LogP contribution in [0.4, 0.5) is 0 Å². The third kappa shape index (κ3) is 3.18. The van der Waals surface area contributed by atoms with E-state index in [9.17, 15) is 9.59 Å². The number of nitrogens with one attached hydrogen (secondary N) is 1. The molecule has 6 nitrogen and oxygen atoms in total. The minimum absolute atomic E-state index is 0.123. The first-order chi connectivity index (χ1) is 8.69. The van der Waals surface area contributed by atoms with Crippen molar-refractivity contribution in [3.63, 3.8) is 0 Å². The van der Waals surface area contributed by atoms with Crippen molar-refractivity contribution in [2.24, 2.45) is 5.92 Å². The fraction of sp³-hybridized carbons (Fsp3) is 0.500. The third-order valence-electron chi connectivity index (χ3n) is 2.99. The minimum atomic E-state index is -0.525. The number of carbonyl (C=O) groups excluding carboxylic acids is 2. The van der Waals surface area contributed by atoms with Crippen LogP contribution in [0.2, 0.25) is 0 Å². The van der Waals surface area contributed by atoms with Crippen molar-refractivity contribution in [1.29, 1.82) is 0 Å². The molecule has 0 aromatic carbocycles.